The van der Waals surface area contributed by atoms with Gasteiger partial charge in [0.25, 0.3) is 0 Å². The molecule has 102 valence electrons. The third-order valence-corrected chi connectivity index (χ3v) is 4.78. The fourth-order valence-electron chi connectivity index (χ4n) is 1.59. The molecule has 0 amide bonds. The first kappa shape index (κ1) is 14.0. The van der Waals surface area contributed by atoms with Gasteiger partial charge in [-0.1, -0.05) is 6.07 Å². The molecule has 7 heteroatoms. The Hall–Kier alpha value is -1.44. The maximum atomic E-state index is 11.7. The van der Waals surface area contributed by atoms with Gasteiger partial charge < -0.3 is 5.32 Å². The number of rotatable bonds is 5. The van der Waals surface area contributed by atoms with Gasteiger partial charge in [0.1, 0.15) is 0 Å². The molecule has 1 aromatic heterocycles. The zero-order chi connectivity index (χ0) is 13.9. The predicted molar refractivity (Wildman–Crippen MR) is 76.9 cm³/mol. The van der Waals surface area contributed by atoms with Crippen LogP contribution in [0.15, 0.2) is 34.0 Å². The van der Waals surface area contributed by atoms with E-state index >= 15 is 0 Å². The first-order valence-corrected chi connectivity index (χ1v) is 8.10. The summed E-state index contributed by atoms with van der Waals surface area (Å²) in [4.78, 5) is 4.43. The molecular weight excluding hydrogens is 282 g/mol. The van der Waals surface area contributed by atoms with Gasteiger partial charge in [0.15, 0.2) is 0 Å². The normalized spacial score (nSPS) is 11.5. The highest BCUT2D eigenvalue weighted by Gasteiger charge is 2.12. The van der Waals surface area contributed by atoms with Crippen molar-refractivity contribution in [1.29, 1.82) is 0 Å². The Balaban J connectivity index is 2.22. The summed E-state index contributed by atoms with van der Waals surface area (Å²) >= 11 is 1.53. The Bertz CT molecular complexity index is 652. The Morgan fingerprint density at radius 2 is 2.16 bits per heavy atom. The van der Waals surface area contributed by atoms with Crippen LogP contribution >= 0.6 is 11.3 Å². The largest absolute Gasteiger partial charge is 0.379 e. The van der Waals surface area contributed by atoms with Gasteiger partial charge in [-0.15, -0.1) is 11.3 Å². The van der Waals surface area contributed by atoms with Crippen LogP contribution in [0.3, 0.4) is 0 Å². The first-order valence-electron chi connectivity index (χ1n) is 5.68. The molecule has 2 N–H and O–H groups in total. The molecule has 0 saturated carbocycles. The number of thiazole rings is 1. The highest BCUT2D eigenvalue weighted by molar-refractivity contribution is 7.89. The molecule has 2 aromatic rings. The van der Waals surface area contributed by atoms with Gasteiger partial charge in [-0.3, -0.25) is 0 Å². The molecule has 0 spiro atoms. The van der Waals surface area contributed by atoms with Crippen LogP contribution in [0.5, 0.6) is 0 Å². The fourth-order valence-corrected chi connectivity index (χ4v) is 2.90. The van der Waals surface area contributed by atoms with E-state index in [1.165, 1.54) is 18.4 Å². The van der Waals surface area contributed by atoms with Crippen molar-refractivity contribution in [2.45, 2.75) is 18.4 Å². The molecule has 5 nitrogen and oxygen atoms in total. The van der Waals surface area contributed by atoms with Gasteiger partial charge in [-0.2, -0.15) is 0 Å². The minimum absolute atomic E-state index is 0.251. The number of hydrogen-bond donors (Lipinski definition) is 2. The van der Waals surface area contributed by atoms with Crippen LogP contribution < -0.4 is 10.0 Å². The standard InChI is InChI=1S/C12H15N3O2S2/c1-9-3-4-11(19(16,17)13-2)5-12(9)14-6-10-7-18-8-15-10/h3-5,7-8,13-14H,6H2,1-2H3. The van der Waals surface area contributed by atoms with Crippen molar-refractivity contribution < 1.29 is 8.42 Å². The van der Waals surface area contributed by atoms with Crippen molar-refractivity contribution in [3.05, 3.63) is 40.3 Å². The molecular formula is C12H15N3O2S2. The smallest absolute Gasteiger partial charge is 0.240 e. The van der Waals surface area contributed by atoms with Gasteiger partial charge in [-0.05, 0) is 31.7 Å². The maximum absolute atomic E-state index is 11.7. The topological polar surface area (TPSA) is 71.1 Å². The van der Waals surface area contributed by atoms with Crippen molar-refractivity contribution in [1.82, 2.24) is 9.71 Å². The van der Waals surface area contributed by atoms with Gasteiger partial charge in [-0.25, -0.2) is 18.1 Å². The number of nitrogens with zero attached hydrogens (tertiary/aromatic N) is 1. The molecule has 0 fully saturated rings. The zero-order valence-electron chi connectivity index (χ0n) is 10.7. The van der Waals surface area contributed by atoms with Crippen LogP contribution in [-0.2, 0) is 16.6 Å². The minimum atomic E-state index is -3.41. The van der Waals surface area contributed by atoms with Gasteiger partial charge in [0.05, 0.1) is 22.6 Å². The molecule has 0 saturated heterocycles. The molecule has 19 heavy (non-hydrogen) atoms. The molecule has 0 atom stereocenters. The number of benzene rings is 1. The molecule has 0 aliphatic rings. The lowest BCUT2D eigenvalue weighted by Gasteiger charge is -2.10. The van der Waals surface area contributed by atoms with Crippen molar-refractivity contribution in [3.63, 3.8) is 0 Å². The van der Waals surface area contributed by atoms with Crippen LogP contribution in [0.4, 0.5) is 5.69 Å². The summed E-state index contributed by atoms with van der Waals surface area (Å²) in [5.41, 5.74) is 4.49. The average molecular weight is 297 g/mol. The quantitative estimate of drug-likeness (QED) is 0.885. The van der Waals surface area contributed by atoms with E-state index < -0.39 is 10.0 Å². The van der Waals surface area contributed by atoms with E-state index in [9.17, 15) is 8.42 Å². The number of aryl methyl sites for hydroxylation is 1. The zero-order valence-corrected chi connectivity index (χ0v) is 12.3. The van der Waals surface area contributed by atoms with Crippen LogP contribution in [0.1, 0.15) is 11.3 Å². The number of hydrogen-bond acceptors (Lipinski definition) is 5. The van der Waals surface area contributed by atoms with Gasteiger partial charge >= 0.3 is 0 Å². The van der Waals surface area contributed by atoms with Crippen LogP contribution in [-0.4, -0.2) is 20.4 Å². The lowest BCUT2D eigenvalue weighted by molar-refractivity contribution is 0.588. The maximum Gasteiger partial charge on any atom is 0.240 e. The van der Waals surface area contributed by atoms with E-state index in [4.69, 9.17) is 0 Å². The molecule has 0 aliphatic carbocycles. The lowest BCUT2D eigenvalue weighted by atomic mass is 10.2. The summed E-state index contributed by atoms with van der Waals surface area (Å²) in [6, 6.07) is 5.01. The first-order chi connectivity index (χ1) is 9.03. The molecule has 1 aromatic carbocycles. The Morgan fingerprint density at radius 1 is 1.37 bits per heavy atom. The summed E-state index contributed by atoms with van der Waals surface area (Å²) in [6.45, 7) is 2.51. The van der Waals surface area contributed by atoms with Gasteiger partial charge in [0.2, 0.25) is 10.0 Å². The second-order valence-electron chi connectivity index (χ2n) is 4.02. The summed E-state index contributed by atoms with van der Waals surface area (Å²) < 4.78 is 25.8. The van der Waals surface area contributed by atoms with Crippen molar-refractivity contribution >= 4 is 27.0 Å². The van der Waals surface area contributed by atoms with E-state index in [0.29, 0.717) is 6.54 Å². The van der Waals surface area contributed by atoms with E-state index in [-0.39, 0.29) is 4.90 Å². The number of aromatic nitrogens is 1. The second-order valence-corrected chi connectivity index (χ2v) is 6.62. The van der Waals surface area contributed by atoms with E-state index in [0.717, 1.165) is 16.9 Å². The Morgan fingerprint density at radius 3 is 2.79 bits per heavy atom. The molecule has 0 aliphatic heterocycles. The number of sulfonamides is 1. The Labute approximate surface area is 116 Å². The van der Waals surface area contributed by atoms with E-state index in [2.05, 4.69) is 15.0 Å². The molecule has 1 heterocycles. The summed E-state index contributed by atoms with van der Waals surface area (Å²) in [5.74, 6) is 0. The van der Waals surface area contributed by atoms with Crippen LogP contribution in [0.2, 0.25) is 0 Å². The summed E-state index contributed by atoms with van der Waals surface area (Å²) in [5, 5.41) is 5.16. The summed E-state index contributed by atoms with van der Waals surface area (Å²) in [6.07, 6.45) is 0. The second kappa shape index (κ2) is 5.68. The monoisotopic (exact) mass is 297 g/mol. The van der Waals surface area contributed by atoms with E-state index in [1.807, 2.05) is 12.3 Å². The van der Waals surface area contributed by atoms with Crippen LogP contribution in [0, 0.1) is 6.92 Å². The number of anilines is 1. The summed E-state index contributed by atoms with van der Waals surface area (Å²) in [7, 11) is -2.01. The van der Waals surface area contributed by atoms with E-state index in [1.54, 1.807) is 23.7 Å². The minimum Gasteiger partial charge on any atom is -0.379 e. The third kappa shape index (κ3) is 3.31. The van der Waals surface area contributed by atoms with Crippen molar-refractivity contribution in [3.8, 4) is 0 Å². The third-order valence-electron chi connectivity index (χ3n) is 2.73. The molecule has 0 bridgehead atoms. The van der Waals surface area contributed by atoms with Crippen molar-refractivity contribution in [2.24, 2.45) is 0 Å². The van der Waals surface area contributed by atoms with Gasteiger partial charge in [0, 0.05) is 11.1 Å². The highest BCUT2D eigenvalue weighted by Crippen LogP contribution is 2.20. The fraction of sp³-hybridized carbons (Fsp3) is 0.250. The number of nitrogens with one attached hydrogen (secondary N) is 2. The van der Waals surface area contributed by atoms with Crippen LogP contribution in [0.25, 0.3) is 0 Å². The molecule has 2 rings (SSSR count). The lowest BCUT2D eigenvalue weighted by Crippen LogP contribution is -2.18. The predicted octanol–water partition coefficient (Wildman–Crippen LogP) is 1.97. The SMILES string of the molecule is CNS(=O)(=O)c1ccc(C)c(NCc2cscn2)c1. The molecule has 0 unspecified atom stereocenters. The highest BCUT2D eigenvalue weighted by atomic mass is 32.2. The Kier molecular flexibility index (Phi) is 4.18. The average Bonchev–Trinajstić information content (AvgIpc) is 2.90. The van der Waals surface area contributed by atoms with Crippen molar-refractivity contribution in [2.75, 3.05) is 12.4 Å². The molecule has 0 radical (unpaired) electrons.